The number of nitrogens with one attached hydrogen (secondary N) is 1. The molecular formula is C17H18BrNO2. The minimum Gasteiger partial charge on any atom is -0.497 e. The van der Waals surface area contributed by atoms with Crippen molar-refractivity contribution in [2.24, 2.45) is 0 Å². The summed E-state index contributed by atoms with van der Waals surface area (Å²) >= 11 is 3.39. The third kappa shape index (κ3) is 4.08. The normalized spacial score (nSPS) is 11.8. The minimum atomic E-state index is -0.0801. The monoisotopic (exact) mass is 347 g/mol. The Labute approximate surface area is 133 Å². The molecule has 2 rings (SSSR count). The summed E-state index contributed by atoms with van der Waals surface area (Å²) in [6.45, 7) is 1.96. The van der Waals surface area contributed by atoms with E-state index in [2.05, 4.69) is 21.2 Å². The molecule has 2 aromatic rings. The average Bonchev–Trinajstić information content (AvgIpc) is 2.54. The van der Waals surface area contributed by atoms with Crippen LogP contribution in [0.1, 0.15) is 34.5 Å². The van der Waals surface area contributed by atoms with Crippen molar-refractivity contribution in [1.29, 1.82) is 0 Å². The second-order valence-electron chi connectivity index (χ2n) is 4.80. The molecule has 0 bridgehead atoms. The number of carbonyl (C=O) groups excluding carboxylic acids is 1. The molecule has 0 aliphatic rings. The van der Waals surface area contributed by atoms with Gasteiger partial charge in [-0.15, -0.1) is 0 Å². The maximum atomic E-state index is 12.2. The predicted molar refractivity (Wildman–Crippen MR) is 87.9 cm³/mol. The second-order valence-corrected chi connectivity index (χ2v) is 5.36. The zero-order valence-corrected chi connectivity index (χ0v) is 13.7. The van der Waals surface area contributed by atoms with Crippen LogP contribution >= 0.6 is 15.9 Å². The molecule has 0 saturated carbocycles. The Hall–Kier alpha value is -1.81. The highest BCUT2D eigenvalue weighted by Gasteiger charge is 2.11. The molecule has 1 unspecified atom stereocenters. The molecule has 0 saturated heterocycles. The summed E-state index contributed by atoms with van der Waals surface area (Å²) in [6.07, 6.45) is 0. The van der Waals surface area contributed by atoms with Gasteiger partial charge in [0.2, 0.25) is 0 Å². The highest BCUT2D eigenvalue weighted by Crippen LogP contribution is 2.19. The molecule has 3 nitrogen and oxygen atoms in total. The zero-order chi connectivity index (χ0) is 15.2. The third-order valence-corrected chi connectivity index (χ3v) is 3.96. The van der Waals surface area contributed by atoms with E-state index in [1.807, 2.05) is 55.5 Å². The van der Waals surface area contributed by atoms with Gasteiger partial charge in [-0.25, -0.2) is 0 Å². The molecule has 0 aliphatic heterocycles. The van der Waals surface area contributed by atoms with Crippen LogP contribution < -0.4 is 10.1 Å². The van der Waals surface area contributed by atoms with Crippen LogP contribution in [0.3, 0.4) is 0 Å². The first-order valence-corrected chi connectivity index (χ1v) is 7.86. The van der Waals surface area contributed by atoms with Crippen molar-refractivity contribution in [1.82, 2.24) is 5.32 Å². The number of halogens is 1. The quantitative estimate of drug-likeness (QED) is 0.827. The molecular weight excluding hydrogens is 330 g/mol. The summed E-state index contributed by atoms with van der Waals surface area (Å²) in [5.74, 6) is 0.710. The van der Waals surface area contributed by atoms with Gasteiger partial charge >= 0.3 is 0 Å². The lowest BCUT2D eigenvalue weighted by atomic mass is 10.1. The summed E-state index contributed by atoms with van der Waals surface area (Å²) in [4.78, 5) is 12.2. The average molecular weight is 348 g/mol. The van der Waals surface area contributed by atoms with Crippen molar-refractivity contribution >= 4 is 21.8 Å². The fraction of sp³-hybridized carbons (Fsp3) is 0.235. The van der Waals surface area contributed by atoms with Gasteiger partial charge in [0.05, 0.1) is 13.2 Å². The Balaban J connectivity index is 2.06. The lowest BCUT2D eigenvalue weighted by molar-refractivity contribution is 0.0940. The van der Waals surface area contributed by atoms with Crippen LogP contribution in [-0.2, 0) is 5.33 Å². The Morgan fingerprint density at radius 1 is 1.24 bits per heavy atom. The Bertz CT molecular complexity index is 610. The van der Waals surface area contributed by atoms with Gasteiger partial charge in [0, 0.05) is 10.9 Å². The molecule has 0 aliphatic carbocycles. The third-order valence-electron chi connectivity index (χ3n) is 3.31. The number of hydrogen-bond acceptors (Lipinski definition) is 2. The molecule has 4 heteroatoms. The molecule has 110 valence electrons. The topological polar surface area (TPSA) is 38.3 Å². The smallest absolute Gasteiger partial charge is 0.251 e. The lowest BCUT2D eigenvalue weighted by Gasteiger charge is -2.15. The molecule has 0 heterocycles. The molecule has 2 aromatic carbocycles. The Morgan fingerprint density at radius 2 is 1.95 bits per heavy atom. The van der Waals surface area contributed by atoms with Gasteiger partial charge in [-0.05, 0) is 42.3 Å². The van der Waals surface area contributed by atoms with Crippen LogP contribution in [0.25, 0.3) is 0 Å². The maximum absolute atomic E-state index is 12.2. The summed E-state index contributed by atoms with van der Waals surface area (Å²) in [7, 11) is 1.63. The van der Waals surface area contributed by atoms with Gasteiger partial charge in [-0.2, -0.15) is 0 Å². The molecule has 0 radical (unpaired) electrons. The van der Waals surface area contributed by atoms with Crippen LogP contribution in [0.15, 0.2) is 48.5 Å². The van der Waals surface area contributed by atoms with Crippen LogP contribution in [-0.4, -0.2) is 13.0 Å². The van der Waals surface area contributed by atoms with Gasteiger partial charge in [-0.3, -0.25) is 4.79 Å². The standard InChI is InChI=1S/C17H18BrNO2/c1-12(15-4-3-5-16(10-15)21-2)19-17(20)14-8-6-13(11-18)7-9-14/h3-10,12H,11H2,1-2H3,(H,19,20). The number of ether oxygens (including phenoxy) is 1. The van der Waals surface area contributed by atoms with Crippen molar-refractivity contribution in [2.45, 2.75) is 18.3 Å². The molecule has 0 spiro atoms. The molecule has 1 N–H and O–H groups in total. The Kier molecular flexibility index (Phi) is 5.39. The first-order chi connectivity index (χ1) is 10.1. The number of benzene rings is 2. The number of rotatable bonds is 5. The van der Waals surface area contributed by atoms with Crippen LogP contribution in [0.2, 0.25) is 0 Å². The summed E-state index contributed by atoms with van der Waals surface area (Å²) in [6, 6.07) is 15.2. The number of hydrogen-bond donors (Lipinski definition) is 1. The number of carbonyl (C=O) groups is 1. The van der Waals surface area contributed by atoms with E-state index in [-0.39, 0.29) is 11.9 Å². The largest absolute Gasteiger partial charge is 0.497 e. The van der Waals surface area contributed by atoms with E-state index in [0.717, 1.165) is 22.2 Å². The molecule has 1 amide bonds. The first-order valence-electron chi connectivity index (χ1n) is 6.73. The van der Waals surface area contributed by atoms with E-state index in [9.17, 15) is 4.79 Å². The second kappa shape index (κ2) is 7.27. The lowest BCUT2D eigenvalue weighted by Crippen LogP contribution is -2.26. The first kappa shape index (κ1) is 15.6. The molecule has 0 aromatic heterocycles. The van der Waals surface area contributed by atoms with E-state index in [4.69, 9.17) is 4.74 Å². The fourth-order valence-electron chi connectivity index (χ4n) is 2.02. The zero-order valence-electron chi connectivity index (χ0n) is 12.1. The van der Waals surface area contributed by atoms with Crippen LogP contribution in [0, 0.1) is 0 Å². The van der Waals surface area contributed by atoms with E-state index < -0.39 is 0 Å². The van der Waals surface area contributed by atoms with Crippen molar-refractivity contribution < 1.29 is 9.53 Å². The van der Waals surface area contributed by atoms with Crippen LogP contribution in [0.5, 0.6) is 5.75 Å². The number of alkyl halides is 1. The van der Waals surface area contributed by atoms with Crippen LogP contribution in [0.4, 0.5) is 0 Å². The van der Waals surface area contributed by atoms with E-state index >= 15 is 0 Å². The molecule has 21 heavy (non-hydrogen) atoms. The summed E-state index contributed by atoms with van der Waals surface area (Å²) in [5.41, 5.74) is 2.82. The highest BCUT2D eigenvalue weighted by molar-refractivity contribution is 9.08. The summed E-state index contributed by atoms with van der Waals surface area (Å²) < 4.78 is 5.20. The predicted octanol–water partition coefficient (Wildman–Crippen LogP) is 4.08. The van der Waals surface area contributed by atoms with Gasteiger partial charge in [0.15, 0.2) is 0 Å². The van der Waals surface area contributed by atoms with Gasteiger partial charge in [-0.1, -0.05) is 40.2 Å². The fourth-order valence-corrected chi connectivity index (χ4v) is 2.39. The molecule has 0 fully saturated rings. The van der Waals surface area contributed by atoms with Gasteiger partial charge in [0.1, 0.15) is 5.75 Å². The van der Waals surface area contributed by atoms with Crippen molar-refractivity contribution in [3.63, 3.8) is 0 Å². The van der Waals surface area contributed by atoms with Gasteiger partial charge < -0.3 is 10.1 Å². The van der Waals surface area contributed by atoms with E-state index in [1.165, 1.54) is 0 Å². The van der Waals surface area contributed by atoms with Gasteiger partial charge in [0.25, 0.3) is 5.91 Å². The van der Waals surface area contributed by atoms with E-state index in [0.29, 0.717) is 5.56 Å². The van der Waals surface area contributed by atoms with Crippen molar-refractivity contribution in [3.8, 4) is 5.75 Å². The van der Waals surface area contributed by atoms with Crippen molar-refractivity contribution in [3.05, 3.63) is 65.2 Å². The highest BCUT2D eigenvalue weighted by atomic mass is 79.9. The SMILES string of the molecule is COc1cccc(C(C)NC(=O)c2ccc(CBr)cc2)c1. The Morgan fingerprint density at radius 3 is 2.57 bits per heavy atom. The number of methoxy groups -OCH3 is 1. The molecule has 1 atom stereocenters. The minimum absolute atomic E-state index is 0.0774. The van der Waals surface area contributed by atoms with Crippen molar-refractivity contribution in [2.75, 3.05) is 7.11 Å². The van der Waals surface area contributed by atoms with E-state index in [1.54, 1.807) is 7.11 Å². The maximum Gasteiger partial charge on any atom is 0.251 e. The summed E-state index contributed by atoms with van der Waals surface area (Å²) in [5, 5.41) is 3.78. The number of amides is 1.